The van der Waals surface area contributed by atoms with Crippen molar-refractivity contribution in [3.63, 3.8) is 0 Å². The van der Waals surface area contributed by atoms with Crippen molar-refractivity contribution in [2.45, 2.75) is 30.3 Å². The van der Waals surface area contributed by atoms with Gasteiger partial charge in [-0.3, -0.25) is 4.79 Å². The molecule has 1 unspecified atom stereocenters. The van der Waals surface area contributed by atoms with Gasteiger partial charge in [-0.25, -0.2) is 0 Å². The number of hydrogen-bond acceptors (Lipinski definition) is 4. The summed E-state index contributed by atoms with van der Waals surface area (Å²) in [6, 6.07) is 3.14. The molecule has 0 spiro atoms. The molecule has 1 aromatic rings. The fraction of sp³-hybridized carbons (Fsp3) is 0.500. The van der Waals surface area contributed by atoms with Crippen molar-refractivity contribution in [2.24, 2.45) is 0 Å². The van der Waals surface area contributed by atoms with Gasteiger partial charge in [0.25, 0.3) is 0 Å². The lowest BCUT2D eigenvalue weighted by Crippen LogP contribution is -2.27. The average Bonchev–Trinajstić information content (AvgIpc) is 2.43. The molecule has 0 bridgehead atoms. The average molecular weight is 349 g/mol. The molecule has 1 saturated heterocycles. The van der Waals surface area contributed by atoms with E-state index in [-0.39, 0.29) is 11.2 Å². The van der Waals surface area contributed by atoms with Crippen LogP contribution < -0.4 is 11.1 Å². The Balaban J connectivity index is 1.97. The SMILES string of the molecule is CC(SC1CCOCC1)C(=O)Nc1c(Cl)cc(N)cc1Cl. The van der Waals surface area contributed by atoms with E-state index >= 15 is 0 Å². The third-order valence-corrected chi connectivity index (χ3v) is 5.32. The summed E-state index contributed by atoms with van der Waals surface area (Å²) in [6.07, 6.45) is 1.96. The van der Waals surface area contributed by atoms with E-state index in [4.69, 9.17) is 33.7 Å². The van der Waals surface area contributed by atoms with Crippen LogP contribution in [0, 0.1) is 0 Å². The number of ether oxygens (including phenoxy) is 1. The van der Waals surface area contributed by atoms with Crippen LogP contribution in [0.5, 0.6) is 0 Å². The molecule has 0 radical (unpaired) electrons. The first-order chi connectivity index (χ1) is 9.97. The summed E-state index contributed by atoms with van der Waals surface area (Å²) in [4.78, 5) is 12.3. The van der Waals surface area contributed by atoms with Crippen LogP contribution in [-0.4, -0.2) is 29.6 Å². The molecule has 1 aliphatic heterocycles. The Morgan fingerprint density at radius 3 is 2.52 bits per heavy atom. The highest BCUT2D eigenvalue weighted by atomic mass is 35.5. The number of nitrogen functional groups attached to an aromatic ring is 1. The van der Waals surface area contributed by atoms with Gasteiger partial charge in [0, 0.05) is 24.2 Å². The Morgan fingerprint density at radius 1 is 1.38 bits per heavy atom. The first-order valence-corrected chi connectivity index (χ1v) is 8.46. The molecule has 1 fully saturated rings. The second-order valence-corrected chi connectivity index (χ2v) is 7.40. The molecule has 116 valence electrons. The molecule has 1 amide bonds. The molecule has 4 nitrogen and oxygen atoms in total. The Morgan fingerprint density at radius 2 is 1.95 bits per heavy atom. The number of anilines is 2. The van der Waals surface area contributed by atoms with Crippen LogP contribution in [0.3, 0.4) is 0 Å². The number of carbonyl (C=O) groups is 1. The number of nitrogens with one attached hydrogen (secondary N) is 1. The fourth-order valence-corrected chi connectivity index (χ4v) is 3.92. The zero-order chi connectivity index (χ0) is 15.4. The minimum Gasteiger partial charge on any atom is -0.399 e. The Labute approximate surface area is 138 Å². The van der Waals surface area contributed by atoms with Crippen molar-refractivity contribution in [3.8, 4) is 0 Å². The Kier molecular flexibility index (Phi) is 6.05. The van der Waals surface area contributed by atoms with E-state index < -0.39 is 0 Å². The first-order valence-electron chi connectivity index (χ1n) is 6.76. The van der Waals surface area contributed by atoms with Crippen LogP contribution in [0.1, 0.15) is 19.8 Å². The minimum absolute atomic E-state index is 0.111. The molecule has 1 aromatic carbocycles. The van der Waals surface area contributed by atoms with Crippen LogP contribution in [0.15, 0.2) is 12.1 Å². The summed E-state index contributed by atoms with van der Waals surface area (Å²) in [7, 11) is 0. The van der Waals surface area contributed by atoms with Gasteiger partial charge in [-0.15, -0.1) is 11.8 Å². The number of thioether (sulfide) groups is 1. The second-order valence-electron chi connectivity index (χ2n) is 4.94. The van der Waals surface area contributed by atoms with Gasteiger partial charge < -0.3 is 15.8 Å². The zero-order valence-electron chi connectivity index (χ0n) is 11.7. The third-order valence-electron chi connectivity index (χ3n) is 3.25. The molecule has 1 aliphatic rings. The van der Waals surface area contributed by atoms with Crippen molar-refractivity contribution >= 4 is 52.2 Å². The lowest BCUT2D eigenvalue weighted by atomic mass is 10.2. The highest BCUT2D eigenvalue weighted by molar-refractivity contribution is 8.01. The van der Waals surface area contributed by atoms with Gasteiger partial charge in [0.1, 0.15) is 0 Å². The van der Waals surface area contributed by atoms with E-state index in [2.05, 4.69) is 5.32 Å². The molecule has 1 atom stereocenters. The van der Waals surface area contributed by atoms with Gasteiger partial charge in [-0.05, 0) is 31.9 Å². The summed E-state index contributed by atoms with van der Waals surface area (Å²) in [5.74, 6) is -0.111. The van der Waals surface area contributed by atoms with Gasteiger partial charge in [0.15, 0.2) is 0 Å². The van der Waals surface area contributed by atoms with E-state index in [1.54, 1.807) is 23.9 Å². The molecule has 0 aliphatic carbocycles. The molecule has 21 heavy (non-hydrogen) atoms. The maximum absolute atomic E-state index is 12.3. The quantitative estimate of drug-likeness (QED) is 0.812. The summed E-state index contributed by atoms with van der Waals surface area (Å²) in [5.41, 5.74) is 6.52. The zero-order valence-corrected chi connectivity index (χ0v) is 14.0. The molecule has 7 heteroatoms. The van der Waals surface area contributed by atoms with E-state index in [0.717, 1.165) is 26.1 Å². The number of hydrogen-bond donors (Lipinski definition) is 2. The third kappa shape index (κ3) is 4.68. The predicted molar refractivity (Wildman–Crippen MR) is 90.4 cm³/mol. The van der Waals surface area contributed by atoms with Crippen LogP contribution in [0.2, 0.25) is 10.0 Å². The smallest absolute Gasteiger partial charge is 0.237 e. The van der Waals surface area contributed by atoms with Crippen molar-refractivity contribution in [1.82, 2.24) is 0 Å². The molecule has 3 N–H and O–H groups in total. The summed E-state index contributed by atoms with van der Waals surface area (Å²) < 4.78 is 5.32. The van der Waals surface area contributed by atoms with Crippen molar-refractivity contribution < 1.29 is 9.53 Å². The predicted octanol–water partition coefficient (Wildman–Crippen LogP) is 3.81. The van der Waals surface area contributed by atoms with Crippen molar-refractivity contribution in [1.29, 1.82) is 0 Å². The lowest BCUT2D eigenvalue weighted by Gasteiger charge is -2.24. The Hall–Kier alpha value is -0.620. The molecule has 0 saturated carbocycles. The molecule has 1 heterocycles. The number of nitrogens with two attached hydrogens (primary N) is 1. The highest BCUT2D eigenvalue weighted by Crippen LogP contribution is 2.34. The van der Waals surface area contributed by atoms with Crippen LogP contribution in [0.25, 0.3) is 0 Å². The van der Waals surface area contributed by atoms with Gasteiger partial charge in [-0.1, -0.05) is 23.2 Å². The summed E-state index contributed by atoms with van der Waals surface area (Å²) >= 11 is 13.8. The monoisotopic (exact) mass is 348 g/mol. The van der Waals surface area contributed by atoms with Crippen molar-refractivity contribution in [3.05, 3.63) is 22.2 Å². The second kappa shape index (κ2) is 7.58. The molecular formula is C14H18Cl2N2O2S. The van der Waals surface area contributed by atoms with Gasteiger partial charge in [-0.2, -0.15) is 0 Å². The van der Waals surface area contributed by atoms with Crippen LogP contribution in [0.4, 0.5) is 11.4 Å². The Bertz CT molecular complexity index is 499. The van der Waals surface area contributed by atoms with Gasteiger partial charge in [0.05, 0.1) is 21.0 Å². The van der Waals surface area contributed by atoms with Crippen molar-refractivity contribution in [2.75, 3.05) is 24.3 Å². The van der Waals surface area contributed by atoms with E-state index in [9.17, 15) is 4.79 Å². The van der Waals surface area contributed by atoms with Crippen LogP contribution >= 0.6 is 35.0 Å². The lowest BCUT2D eigenvalue weighted by molar-refractivity contribution is -0.115. The molecular weight excluding hydrogens is 331 g/mol. The fourth-order valence-electron chi connectivity index (χ4n) is 2.10. The van der Waals surface area contributed by atoms with Gasteiger partial charge >= 0.3 is 0 Å². The van der Waals surface area contributed by atoms with E-state index in [1.807, 2.05) is 6.92 Å². The van der Waals surface area contributed by atoms with E-state index in [0.29, 0.717) is 26.7 Å². The minimum atomic E-state index is -0.183. The normalized spacial score (nSPS) is 17.5. The van der Waals surface area contributed by atoms with E-state index in [1.165, 1.54) is 0 Å². The van der Waals surface area contributed by atoms with Gasteiger partial charge in [0.2, 0.25) is 5.91 Å². The number of carbonyl (C=O) groups excluding carboxylic acids is 1. The maximum atomic E-state index is 12.3. The number of benzene rings is 1. The van der Waals surface area contributed by atoms with Crippen LogP contribution in [-0.2, 0) is 9.53 Å². The summed E-state index contributed by atoms with van der Waals surface area (Å²) in [6.45, 7) is 3.41. The molecule has 0 aromatic heterocycles. The summed E-state index contributed by atoms with van der Waals surface area (Å²) in [5, 5.41) is 3.75. The number of rotatable bonds is 4. The molecule has 2 rings (SSSR count). The number of halogens is 2. The maximum Gasteiger partial charge on any atom is 0.237 e. The standard InChI is InChI=1S/C14H18Cl2N2O2S/c1-8(21-10-2-4-20-5-3-10)14(19)18-13-11(15)6-9(17)7-12(13)16/h6-8,10H,2-5,17H2,1H3,(H,18,19). The highest BCUT2D eigenvalue weighted by Gasteiger charge is 2.22. The number of amides is 1. The topological polar surface area (TPSA) is 64.3 Å². The largest absolute Gasteiger partial charge is 0.399 e. The first kappa shape index (κ1) is 16.7.